The van der Waals surface area contributed by atoms with Gasteiger partial charge in [-0.05, 0) is 112 Å². The van der Waals surface area contributed by atoms with Gasteiger partial charge in [0.25, 0.3) is 0 Å². The summed E-state index contributed by atoms with van der Waals surface area (Å²) < 4.78 is 64.8. The second kappa shape index (κ2) is 51.2. The van der Waals surface area contributed by atoms with Gasteiger partial charge in [0, 0.05) is 102 Å². The number of aryl methyl sites for hydroxylation is 1. The number of amides is 11. The van der Waals surface area contributed by atoms with E-state index in [1.54, 1.807) is 76.4 Å². The highest BCUT2D eigenvalue weighted by molar-refractivity contribution is 6.35. The number of primary amides is 1. The number of aliphatic hydroxyl groups excluding tert-OH is 1. The first kappa shape index (κ1) is 99.1. The van der Waals surface area contributed by atoms with Crippen LogP contribution < -0.4 is 57.9 Å². The molecule has 0 aliphatic carbocycles. The smallest absolute Gasteiger partial charge is 0.409 e. The Bertz CT molecular complexity index is 4170. The van der Waals surface area contributed by atoms with Gasteiger partial charge in [-0.15, -0.1) is 0 Å². The molecule has 3 aliphatic rings. The average molecular weight is 1730 g/mol. The van der Waals surface area contributed by atoms with Crippen molar-refractivity contribution >= 4 is 99.4 Å². The van der Waals surface area contributed by atoms with Crippen molar-refractivity contribution in [3.63, 3.8) is 0 Å². The molecule has 4 aromatic rings. The van der Waals surface area contributed by atoms with E-state index in [0.717, 1.165) is 27.7 Å². The number of hydrogen-bond acceptors (Lipinski definition) is 24. The van der Waals surface area contributed by atoms with Crippen molar-refractivity contribution in [1.82, 2.24) is 51.6 Å². The summed E-state index contributed by atoms with van der Waals surface area (Å²) in [7, 11) is 7.82. The van der Waals surface area contributed by atoms with Crippen molar-refractivity contribution in [2.45, 2.75) is 173 Å². The van der Waals surface area contributed by atoms with Crippen molar-refractivity contribution in [1.29, 1.82) is 0 Å². The number of urea groups is 1. The molecule has 3 aliphatic heterocycles. The lowest BCUT2D eigenvalue weighted by Crippen LogP contribution is -2.54. The SMILES string of the molecule is CNCc1cc2ccccc2n1CCC(=O)NCC(=O)NCCOCCOCCOCCOCCOCCOCCC(=O)N[C@H](C(=O)N[C@@H](CCCNC(N)=O)C(=O)Nc1ccc(COC(=O)N(C)CCCC(=O)N(C)[C@@H](C)C(=O)OC2CC(=O)N(C)c3cc(cc(OC)c3Cl)C/C(C)=C/C=C/[C@@H](O)[C@H]3C[C@H](OC(=O)N3)[C@@H](C)C3O[C@@]23C)cc1)C(C)C. The van der Waals surface area contributed by atoms with Crippen LogP contribution >= 0.6 is 11.6 Å². The van der Waals surface area contributed by atoms with E-state index >= 15 is 0 Å². The van der Waals surface area contributed by atoms with Gasteiger partial charge >= 0.3 is 24.2 Å². The molecule has 674 valence electrons. The summed E-state index contributed by atoms with van der Waals surface area (Å²) in [4.78, 5) is 149. The first-order chi connectivity index (χ1) is 58.4. The first-order valence-corrected chi connectivity index (χ1v) is 41.7. The number of epoxide rings is 1. The third-order valence-electron chi connectivity index (χ3n) is 21.0. The summed E-state index contributed by atoms with van der Waals surface area (Å²) in [6, 6.07) is 15.3. The van der Waals surface area contributed by atoms with Gasteiger partial charge in [-0.1, -0.05) is 86.5 Å². The third kappa shape index (κ3) is 32.3. The maximum absolute atomic E-state index is 14.4. The summed E-state index contributed by atoms with van der Waals surface area (Å²) in [5.74, 6) is -4.54. The number of ether oxygens (including phenoxy) is 11. The molecule has 0 saturated carbocycles. The number of carbonyl (C=O) groups excluding carboxylic acids is 11. The fourth-order valence-electron chi connectivity index (χ4n) is 13.7. The second-order valence-corrected chi connectivity index (χ2v) is 31.1. The van der Waals surface area contributed by atoms with Gasteiger partial charge in [-0.3, -0.25) is 33.6 Å². The zero-order valence-corrected chi connectivity index (χ0v) is 72.6. The Hall–Kier alpha value is -10.0. The molecule has 1 aromatic heterocycles. The van der Waals surface area contributed by atoms with Crippen LogP contribution in [0.4, 0.5) is 25.8 Å². The number of aliphatic hydroxyl groups is 1. The van der Waals surface area contributed by atoms with Gasteiger partial charge in [0.2, 0.25) is 41.4 Å². The van der Waals surface area contributed by atoms with Crippen LogP contribution in [0, 0.1) is 11.8 Å². The number of nitrogens with one attached hydrogen (secondary N) is 8. The van der Waals surface area contributed by atoms with Crippen LogP contribution in [0.25, 0.3) is 10.9 Å². The van der Waals surface area contributed by atoms with E-state index in [1.165, 1.54) is 42.8 Å². The number of methoxy groups -OCH3 is 1. The number of nitrogens with two attached hydrogens (primary N) is 1. The topological polar surface area (TPSA) is 450 Å². The number of allylic oxidation sites excluding steroid dienone is 3. The Morgan fingerprint density at radius 2 is 1.43 bits per heavy atom. The van der Waals surface area contributed by atoms with Crippen molar-refractivity contribution in [2.24, 2.45) is 17.6 Å². The van der Waals surface area contributed by atoms with Crippen LogP contribution in [0.5, 0.6) is 5.75 Å². The molecule has 2 saturated heterocycles. The number of likely N-dealkylation sites (N-methyl/N-ethyl adjacent to an activating group) is 1. The summed E-state index contributed by atoms with van der Waals surface area (Å²) in [6.45, 7) is 15.2. The lowest BCUT2D eigenvalue weighted by molar-refractivity contribution is -0.162. The van der Waals surface area contributed by atoms with Gasteiger partial charge < -0.3 is 125 Å². The minimum absolute atomic E-state index is 0.0433. The van der Waals surface area contributed by atoms with Crippen molar-refractivity contribution in [2.75, 3.05) is 151 Å². The van der Waals surface area contributed by atoms with Crippen molar-refractivity contribution < 1.29 is 110 Å². The maximum Gasteiger partial charge on any atom is 0.409 e. The Balaban J connectivity index is 0.743. The number of hydrogen-bond donors (Lipinski definition) is 10. The van der Waals surface area contributed by atoms with Gasteiger partial charge in [-0.2, -0.15) is 0 Å². The third-order valence-corrected chi connectivity index (χ3v) is 21.4. The van der Waals surface area contributed by atoms with Crippen LogP contribution in [-0.2, 0) is 112 Å². The number of benzene rings is 3. The maximum atomic E-state index is 14.4. The highest BCUT2D eigenvalue weighted by atomic mass is 35.5. The molecule has 0 spiro atoms. The summed E-state index contributed by atoms with van der Waals surface area (Å²) in [5, 5.41) is 34.5. The molecular weight excluding hydrogens is 1610 g/mol. The van der Waals surface area contributed by atoms with E-state index in [1.807, 2.05) is 51.2 Å². The Kier molecular flexibility index (Phi) is 41.6. The number of esters is 1. The van der Waals surface area contributed by atoms with Crippen LogP contribution in [0.15, 0.2) is 90.5 Å². The van der Waals surface area contributed by atoms with Gasteiger partial charge in [0.15, 0.2) is 0 Å². The normalized spacial score (nSPS) is 19.8. The highest BCUT2D eigenvalue weighted by Gasteiger charge is 2.64. The van der Waals surface area contributed by atoms with Crippen LogP contribution in [0.3, 0.4) is 0 Å². The molecule has 10 atom stereocenters. The second-order valence-electron chi connectivity index (χ2n) is 30.7. The molecule has 7 rings (SSSR count). The molecule has 0 radical (unpaired) electrons. The number of rotatable bonds is 48. The van der Waals surface area contributed by atoms with E-state index in [2.05, 4.69) is 53.2 Å². The molecule has 122 heavy (non-hydrogen) atoms. The van der Waals surface area contributed by atoms with E-state index in [9.17, 15) is 57.8 Å². The quantitative estimate of drug-likeness (QED) is 0.0119. The minimum atomic E-state index is -1.28. The van der Waals surface area contributed by atoms with Gasteiger partial charge in [0.1, 0.15) is 53.3 Å². The lowest BCUT2D eigenvalue weighted by Gasteiger charge is -2.35. The Morgan fingerprint density at radius 3 is 2.08 bits per heavy atom. The molecule has 11 amide bonds. The molecule has 2 fully saturated rings. The number of nitrogens with zero attached hydrogens (tertiary/aromatic N) is 4. The average Bonchev–Trinajstić information content (AvgIpc) is 1.60. The summed E-state index contributed by atoms with van der Waals surface area (Å²) >= 11 is 6.84. The zero-order chi connectivity index (χ0) is 88.8. The number of carbonyl (C=O) groups is 11. The first-order valence-electron chi connectivity index (χ1n) is 41.3. The molecule has 37 heteroatoms. The lowest BCUT2D eigenvalue weighted by atomic mass is 9.85. The molecule has 36 nitrogen and oxygen atoms in total. The number of halogens is 1. The molecular formula is C85H124ClN13O23. The molecule has 3 aromatic carbocycles. The molecule has 11 N–H and O–H groups in total. The van der Waals surface area contributed by atoms with Crippen molar-refractivity contribution in [3.8, 4) is 5.75 Å². The molecule has 4 bridgehead atoms. The highest BCUT2D eigenvalue weighted by Crippen LogP contribution is 2.49. The monoisotopic (exact) mass is 1730 g/mol. The fraction of sp³-hybridized carbons (Fsp3) is 0.588. The molecule has 4 heterocycles. The van der Waals surface area contributed by atoms with Gasteiger partial charge in [-0.25, -0.2) is 19.2 Å². The van der Waals surface area contributed by atoms with E-state index in [-0.39, 0.29) is 127 Å². The molecule has 2 unspecified atom stereocenters. The van der Waals surface area contributed by atoms with E-state index < -0.39 is 120 Å². The largest absolute Gasteiger partial charge is 0.495 e. The van der Waals surface area contributed by atoms with E-state index in [4.69, 9.17) is 69.4 Å². The summed E-state index contributed by atoms with van der Waals surface area (Å²) in [5.41, 5.74) is 9.02. The van der Waals surface area contributed by atoms with Crippen LogP contribution in [-0.4, -0.2) is 280 Å². The van der Waals surface area contributed by atoms with Crippen molar-refractivity contribution in [3.05, 3.63) is 112 Å². The number of fused-ring (bicyclic) bond motifs is 6. The zero-order valence-electron chi connectivity index (χ0n) is 71.8. The number of aromatic nitrogens is 1. The Morgan fingerprint density at radius 1 is 0.779 bits per heavy atom. The van der Waals surface area contributed by atoms with Crippen LogP contribution in [0.1, 0.15) is 110 Å². The van der Waals surface area contributed by atoms with Crippen LogP contribution in [0.2, 0.25) is 5.02 Å². The van der Waals surface area contributed by atoms with E-state index in [0.29, 0.717) is 95.1 Å². The fourth-order valence-corrected chi connectivity index (χ4v) is 14.0. The predicted molar refractivity (Wildman–Crippen MR) is 453 cm³/mol. The Labute approximate surface area is 717 Å². The minimum Gasteiger partial charge on any atom is -0.495 e. The number of alkyl carbamates (subject to hydrolysis) is 1. The predicted octanol–water partition coefficient (Wildman–Crippen LogP) is 5.09. The van der Waals surface area contributed by atoms with Gasteiger partial charge in [0.05, 0.1) is 123 Å². The standard InChI is InChI=1S/C85H124ClN13O23/c1-54(2)77(95-72(102)28-33-113-35-37-115-39-41-117-43-44-118-42-40-116-38-36-114-34-30-89-73(103)52-91-71(101)27-32-99-62(51-88-7)48-60-18-12-13-20-65(60)99)80(107)93-63(19-15-29-90-82(87)109)79(106)92-61-25-23-58(24-26-61)53-119-84(111)96(8)31-16-22-74(104)97(9)57(5)81(108)121-70-50-75(105)98(10)66-46-59(47-69(112-11)76(66)86)45-55(3)17-14-21-67(100)64-49-68(120-83(110)94-64)56(4)78-85(70,6)122-78/h12-14,17-18,20-21,23-26,46-48,54,56-57,63-64,67-68,70,77-78,88,100H,15-16,19,22,27-45,49-53H2,1-11H3,(H,89,103)(H,91,101)(H,92,106)(H,93,107)(H,94,110)(H,95,102)(H3,87,90,109)/b21-14+,55-17+/t56-,57+,63+,64-,67-,68+,70?,77+,78?,85+/m1/s1. The summed E-state index contributed by atoms with van der Waals surface area (Å²) in [6.07, 6.45) is 0.825. The number of para-hydroxylation sites is 1. The number of anilines is 2.